The first-order chi connectivity index (χ1) is 7.54. The molecule has 1 N–H and O–H groups in total. The number of benzene rings is 1. The molecule has 0 saturated carbocycles. The van der Waals surface area contributed by atoms with Gasteiger partial charge < -0.3 is 14.7 Å². The second kappa shape index (κ2) is 5.16. The van der Waals surface area contributed by atoms with Crippen molar-refractivity contribution in [3.05, 3.63) is 29.8 Å². The van der Waals surface area contributed by atoms with Crippen molar-refractivity contribution in [2.45, 2.75) is 6.54 Å². The number of carboxylic acids is 1. The quantitative estimate of drug-likeness (QED) is 0.767. The number of carboxylic acid groups (broad SMARTS) is 1. The number of rotatable bonds is 3. The summed E-state index contributed by atoms with van der Waals surface area (Å²) in [5.74, 6) is -1.71. The summed E-state index contributed by atoms with van der Waals surface area (Å²) >= 11 is 0. The summed E-state index contributed by atoms with van der Waals surface area (Å²) in [7, 11) is 2.99. The molecule has 0 aromatic heterocycles. The van der Waals surface area contributed by atoms with E-state index in [0.29, 0.717) is 5.75 Å². The predicted molar refractivity (Wildman–Crippen MR) is 57.1 cm³/mol. The molecule has 0 fully saturated rings. The first-order valence-electron chi connectivity index (χ1n) is 4.66. The molecular formula is C11H13NO4. The Labute approximate surface area is 93.2 Å². The van der Waals surface area contributed by atoms with Crippen LogP contribution in [0.4, 0.5) is 0 Å². The van der Waals surface area contributed by atoms with E-state index in [4.69, 9.17) is 9.84 Å². The molecule has 0 bridgehead atoms. The first kappa shape index (κ1) is 12.0. The SMILES string of the molecule is COc1cccc(CN(C)C(=O)C(=O)O)c1. The average molecular weight is 223 g/mol. The maximum Gasteiger partial charge on any atom is 0.394 e. The normalized spacial score (nSPS) is 9.62. The molecule has 0 aliphatic rings. The van der Waals surface area contributed by atoms with E-state index < -0.39 is 11.9 Å². The Morgan fingerprint density at radius 1 is 1.44 bits per heavy atom. The Morgan fingerprint density at radius 3 is 2.69 bits per heavy atom. The molecule has 5 nitrogen and oxygen atoms in total. The van der Waals surface area contributed by atoms with Crippen LogP contribution in [0.3, 0.4) is 0 Å². The summed E-state index contributed by atoms with van der Waals surface area (Å²) in [5, 5.41) is 8.52. The summed E-state index contributed by atoms with van der Waals surface area (Å²) in [6, 6.07) is 7.12. The molecular weight excluding hydrogens is 210 g/mol. The highest BCUT2D eigenvalue weighted by molar-refractivity contribution is 6.31. The van der Waals surface area contributed by atoms with Gasteiger partial charge in [0.1, 0.15) is 5.75 Å². The second-order valence-electron chi connectivity index (χ2n) is 3.32. The minimum absolute atomic E-state index is 0.238. The molecule has 1 rings (SSSR count). The van der Waals surface area contributed by atoms with Gasteiger partial charge in [-0.1, -0.05) is 12.1 Å². The number of aliphatic carboxylic acids is 1. The highest BCUT2D eigenvalue weighted by Crippen LogP contribution is 2.13. The zero-order valence-electron chi connectivity index (χ0n) is 9.14. The van der Waals surface area contributed by atoms with Gasteiger partial charge in [0.2, 0.25) is 0 Å². The van der Waals surface area contributed by atoms with Gasteiger partial charge in [-0.2, -0.15) is 0 Å². The molecule has 0 atom stereocenters. The summed E-state index contributed by atoms with van der Waals surface area (Å²) in [5.41, 5.74) is 0.816. The molecule has 1 aromatic carbocycles. The van der Waals surface area contributed by atoms with Gasteiger partial charge in [-0.25, -0.2) is 4.79 Å². The van der Waals surface area contributed by atoms with E-state index in [1.165, 1.54) is 7.05 Å². The van der Waals surface area contributed by atoms with E-state index in [1.54, 1.807) is 31.4 Å². The topological polar surface area (TPSA) is 66.8 Å². The van der Waals surface area contributed by atoms with Crippen LogP contribution in [-0.4, -0.2) is 36.0 Å². The first-order valence-corrected chi connectivity index (χ1v) is 4.66. The van der Waals surface area contributed by atoms with E-state index >= 15 is 0 Å². The molecule has 0 radical (unpaired) electrons. The molecule has 1 aromatic rings. The highest BCUT2D eigenvalue weighted by atomic mass is 16.5. The molecule has 0 saturated heterocycles. The van der Waals surface area contributed by atoms with Crippen LogP contribution in [0.15, 0.2) is 24.3 Å². The van der Waals surface area contributed by atoms with Crippen molar-refractivity contribution in [2.75, 3.05) is 14.2 Å². The zero-order valence-corrected chi connectivity index (χ0v) is 9.14. The third-order valence-corrected chi connectivity index (χ3v) is 2.08. The highest BCUT2D eigenvalue weighted by Gasteiger charge is 2.16. The number of likely N-dealkylation sites (N-methyl/N-ethyl adjacent to an activating group) is 1. The molecule has 0 aliphatic carbocycles. The Bertz CT molecular complexity index is 403. The van der Waals surface area contributed by atoms with Crippen molar-refractivity contribution in [1.82, 2.24) is 4.90 Å². The van der Waals surface area contributed by atoms with E-state index in [2.05, 4.69) is 0 Å². The van der Waals surface area contributed by atoms with Crippen LogP contribution in [0.5, 0.6) is 5.75 Å². The lowest BCUT2D eigenvalue weighted by molar-refractivity contribution is -0.155. The molecule has 5 heteroatoms. The molecule has 0 spiro atoms. The number of amides is 1. The minimum atomic E-state index is -1.45. The summed E-state index contributed by atoms with van der Waals surface area (Å²) in [4.78, 5) is 22.7. The lowest BCUT2D eigenvalue weighted by Crippen LogP contribution is -2.32. The number of carbonyl (C=O) groups excluding carboxylic acids is 1. The van der Waals surface area contributed by atoms with Crippen LogP contribution in [-0.2, 0) is 16.1 Å². The monoisotopic (exact) mass is 223 g/mol. The van der Waals surface area contributed by atoms with Gasteiger partial charge in [-0.3, -0.25) is 4.79 Å². The fourth-order valence-electron chi connectivity index (χ4n) is 1.28. The number of carbonyl (C=O) groups is 2. The number of nitrogens with zero attached hydrogens (tertiary/aromatic N) is 1. The van der Waals surface area contributed by atoms with Crippen LogP contribution in [0.1, 0.15) is 5.56 Å². The van der Waals surface area contributed by atoms with Gasteiger partial charge in [-0.05, 0) is 17.7 Å². The largest absolute Gasteiger partial charge is 0.497 e. The Morgan fingerprint density at radius 2 is 2.12 bits per heavy atom. The third-order valence-electron chi connectivity index (χ3n) is 2.08. The Hall–Kier alpha value is -2.04. The van der Waals surface area contributed by atoms with Crippen molar-refractivity contribution in [2.24, 2.45) is 0 Å². The third kappa shape index (κ3) is 2.98. The smallest absolute Gasteiger partial charge is 0.394 e. The summed E-state index contributed by atoms with van der Waals surface area (Å²) in [6.07, 6.45) is 0. The molecule has 1 amide bonds. The van der Waals surface area contributed by atoms with E-state index in [9.17, 15) is 9.59 Å². The molecule has 0 heterocycles. The zero-order chi connectivity index (χ0) is 12.1. The Balaban J connectivity index is 2.72. The van der Waals surface area contributed by atoms with E-state index in [1.807, 2.05) is 0 Å². The maximum atomic E-state index is 11.1. The average Bonchev–Trinajstić information content (AvgIpc) is 2.28. The lowest BCUT2D eigenvalue weighted by Gasteiger charge is -2.14. The van der Waals surface area contributed by atoms with Gasteiger partial charge in [0.15, 0.2) is 0 Å². The summed E-state index contributed by atoms with van der Waals surface area (Å²) in [6.45, 7) is 0.238. The predicted octanol–water partition coefficient (Wildman–Crippen LogP) is 0.738. The molecule has 86 valence electrons. The number of hydrogen-bond donors (Lipinski definition) is 1. The van der Waals surface area contributed by atoms with Crippen molar-refractivity contribution in [1.29, 1.82) is 0 Å². The molecule has 16 heavy (non-hydrogen) atoms. The maximum absolute atomic E-state index is 11.1. The van der Waals surface area contributed by atoms with Gasteiger partial charge in [-0.15, -0.1) is 0 Å². The van der Waals surface area contributed by atoms with Crippen LogP contribution in [0, 0.1) is 0 Å². The van der Waals surface area contributed by atoms with Crippen LogP contribution < -0.4 is 4.74 Å². The fourth-order valence-corrected chi connectivity index (χ4v) is 1.28. The molecule has 0 aliphatic heterocycles. The van der Waals surface area contributed by atoms with Crippen molar-refractivity contribution in [3.8, 4) is 5.75 Å². The lowest BCUT2D eigenvalue weighted by atomic mass is 10.2. The van der Waals surface area contributed by atoms with Gasteiger partial charge in [0.25, 0.3) is 0 Å². The minimum Gasteiger partial charge on any atom is -0.497 e. The van der Waals surface area contributed by atoms with E-state index in [0.717, 1.165) is 10.5 Å². The van der Waals surface area contributed by atoms with Gasteiger partial charge in [0, 0.05) is 13.6 Å². The van der Waals surface area contributed by atoms with Crippen LogP contribution in [0.2, 0.25) is 0 Å². The standard InChI is InChI=1S/C11H13NO4/c1-12(10(13)11(14)15)7-8-4-3-5-9(6-8)16-2/h3-6H,7H2,1-2H3,(H,14,15). The number of hydrogen-bond acceptors (Lipinski definition) is 3. The fraction of sp³-hybridized carbons (Fsp3) is 0.273. The van der Waals surface area contributed by atoms with E-state index in [-0.39, 0.29) is 6.54 Å². The van der Waals surface area contributed by atoms with Crippen LogP contribution >= 0.6 is 0 Å². The van der Waals surface area contributed by atoms with Crippen molar-refractivity contribution >= 4 is 11.9 Å². The molecule has 0 unspecified atom stereocenters. The number of ether oxygens (including phenoxy) is 1. The summed E-state index contributed by atoms with van der Waals surface area (Å²) < 4.78 is 5.02. The number of methoxy groups -OCH3 is 1. The van der Waals surface area contributed by atoms with Crippen molar-refractivity contribution < 1.29 is 19.4 Å². The van der Waals surface area contributed by atoms with Crippen molar-refractivity contribution in [3.63, 3.8) is 0 Å². The second-order valence-corrected chi connectivity index (χ2v) is 3.32. The van der Waals surface area contributed by atoms with Gasteiger partial charge in [0.05, 0.1) is 7.11 Å². The van der Waals surface area contributed by atoms with Crippen LogP contribution in [0.25, 0.3) is 0 Å². The Kier molecular flexibility index (Phi) is 3.88. The van der Waals surface area contributed by atoms with Gasteiger partial charge >= 0.3 is 11.9 Å².